The third kappa shape index (κ3) is 4.53. The number of carbonyl (C=O) groups excluding carboxylic acids is 1. The molecule has 0 saturated heterocycles. The molecular formula is C13H19FN2O. The smallest absolute Gasteiger partial charge is 0.220 e. The molecule has 1 rings (SSSR count). The second-order valence-corrected chi connectivity index (χ2v) is 4.39. The minimum absolute atomic E-state index is 0.0280. The van der Waals surface area contributed by atoms with Crippen LogP contribution < -0.4 is 11.1 Å². The number of nitrogens with one attached hydrogen (secondary N) is 1. The van der Waals surface area contributed by atoms with E-state index in [1.807, 2.05) is 13.8 Å². The normalized spacial score (nSPS) is 14.1. The fourth-order valence-electron chi connectivity index (χ4n) is 1.54. The Labute approximate surface area is 101 Å². The Balaban J connectivity index is 2.51. The van der Waals surface area contributed by atoms with E-state index in [-0.39, 0.29) is 23.7 Å². The fourth-order valence-corrected chi connectivity index (χ4v) is 1.54. The molecule has 3 N–H and O–H groups in total. The summed E-state index contributed by atoms with van der Waals surface area (Å²) in [6.45, 7) is 4.30. The lowest BCUT2D eigenvalue weighted by Crippen LogP contribution is -2.29. The first-order valence-electron chi connectivity index (χ1n) is 5.77. The van der Waals surface area contributed by atoms with Crippen LogP contribution in [0.2, 0.25) is 0 Å². The lowest BCUT2D eigenvalue weighted by Gasteiger charge is -2.16. The summed E-state index contributed by atoms with van der Waals surface area (Å²) in [6.07, 6.45) is 0.419. The number of hydrogen-bond acceptors (Lipinski definition) is 2. The van der Waals surface area contributed by atoms with E-state index in [2.05, 4.69) is 5.32 Å². The van der Waals surface area contributed by atoms with Gasteiger partial charge in [-0.05, 0) is 37.1 Å². The van der Waals surface area contributed by atoms with Gasteiger partial charge >= 0.3 is 0 Å². The molecule has 2 atom stereocenters. The average Bonchev–Trinajstić information content (AvgIpc) is 2.29. The largest absolute Gasteiger partial charge is 0.350 e. The van der Waals surface area contributed by atoms with Gasteiger partial charge in [0.25, 0.3) is 0 Å². The second kappa shape index (κ2) is 6.35. The Morgan fingerprint density at radius 1 is 1.35 bits per heavy atom. The van der Waals surface area contributed by atoms with E-state index in [4.69, 9.17) is 5.73 Å². The van der Waals surface area contributed by atoms with Crippen LogP contribution in [0, 0.1) is 11.7 Å². The number of halogens is 1. The van der Waals surface area contributed by atoms with Crippen LogP contribution >= 0.6 is 0 Å². The first-order valence-corrected chi connectivity index (χ1v) is 5.77. The van der Waals surface area contributed by atoms with Crippen molar-refractivity contribution >= 4 is 5.91 Å². The molecule has 0 heterocycles. The van der Waals surface area contributed by atoms with Gasteiger partial charge in [0.05, 0.1) is 6.04 Å². The van der Waals surface area contributed by atoms with Crippen molar-refractivity contribution in [2.24, 2.45) is 11.7 Å². The van der Waals surface area contributed by atoms with E-state index in [1.54, 1.807) is 12.1 Å². The molecule has 0 fully saturated rings. The maximum absolute atomic E-state index is 12.7. The van der Waals surface area contributed by atoms with E-state index < -0.39 is 0 Å². The second-order valence-electron chi connectivity index (χ2n) is 4.39. The molecular weight excluding hydrogens is 219 g/mol. The highest BCUT2D eigenvalue weighted by Crippen LogP contribution is 2.13. The molecule has 94 valence electrons. The van der Waals surface area contributed by atoms with Gasteiger partial charge in [-0.15, -0.1) is 0 Å². The van der Waals surface area contributed by atoms with E-state index in [0.29, 0.717) is 13.0 Å². The Bertz CT molecular complexity index is 364. The molecule has 0 aliphatic heterocycles. The van der Waals surface area contributed by atoms with Crippen molar-refractivity contribution in [2.45, 2.75) is 26.3 Å². The highest BCUT2D eigenvalue weighted by molar-refractivity contribution is 5.76. The van der Waals surface area contributed by atoms with Crippen LogP contribution in [0.5, 0.6) is 0 Å². The maximum atomic E-state index is 12.7. The molecule has 0 saturated carbocycles. The number of rotatable bonds is 5. The predicted octanol–water partition coefficient (Wildman–Crippen LogP) is 1.99. The summed E-state index contributed by atoms with van der Waals surface area (Å²) in [7, 11) is 0. The van der Waals surface area contributed by atoms with Crippen molar-refractivity contribution in [3.63, 3.8) is 0 Å². The minimum atomic E-state index is -0.274. The maximum Gasteiger partial charge on any atom is 0.220 e. The summed E-state index contributed by atoms with van der Waals surface area (Å²) in [6, 6.07) is 6.01. The summed E-state index contributed by atoms with van der Waals surface area (Å²) in [4.78, 5) is 11.6. The Kier molecular flexibility index (Phi) is 5.10. The van der Waals surface area contributed by atoms with Crippen molar-refractivity contribution < 1.29 is 9.18 Å². The quantitative estimate of drug-likeness (QED) is 0.824. The zero-order valence-corrected chi connectivity index (χ0v) is 10.2. The fraction of sp³-hybridized carbons (Fsp3) is 0.462. The van der Waals surface area contributed by atoms with Crippen molar-refractivity contribution in [3.05, 3.63) is 35.6 Å². The molecule has 1 amide bonds. The predicted molar refractivity (Wildman–Crippen MR) is 65.8 cm³/mol. The molecule has 17 heavy (non-hydrogen) atoms. The standard InChI is InChI=1S/C13H19FN2O/c1-9(8-15)7-13(17)16-10(2)11-3-5-12(14)6-4-11/h3-6,9-10H,7-8,15H2,1-2H3,(H,16,17)/t9?,10-/m1/s1. The number of carbonyl (C=O) groups is 1. The molecule has 0 radical (unpaired) electrons. The van der Waals surface area contributed by atoms with Crippen LogP contribution in [0.3, 0.4) is 0 Å². The summed E-state index contributed by atoms with van der Waals surface area (Å²) in [5.41, 5.74) is 6.35. The number of amides is 1. The highest BCUT2D eigenvalue weighted by atomic mass is 19.1. The molecule has 1 unspecified atom stereocenters. The molecule has 0 aromatic heterocycles. The SMILES string of the molecule is CC(CN)CC(=O)N[C@H](C)c1ccc(F)cc1. The van der Waals surface area contributed by atoms with Crippen molar-refractivity contribution in [2.75, 3.05) is 6.54 Å². The van der Waals surface area contributed by atoms with E-state index in [1.165, 1.54) is 12.1 Å². The third-order valence-corrected chi connectivity index (χ3v) is 2.68. The van der Waals surface area contributed by atoms with Crippen LogP contribution in [0.4, 0.5) is 4.39 Å². The molecule has 0 bridgehead atoms. The van der Waals surface area contributed by atoms with Gasteiger partial charge in [-0.3, -0.25) is 4.79 Å². The molecule has 0 aliphatic rings. The van der Waals surface area contributed by atoms with Gasteiger partial charge in [0.1, 0.15) is 5.82 Å². The van der Waals surface area contributed by atoms with Gasteiger partial charge in [0.15, 0.2) is 0 Å². The lowest BCUT2D eigenvalue weighted by atomic mass is 10.1. The van der Waals surface area contributed by atoms with Gasteiger partial charge < -0.3 is 11.1 Å². The van der Waals surface area contributed by atoms with Gasteiger partial charge in [0, 0.05) is 6.42 Å². The zero-order chi connectivity index (χ0) is 12.8. The number of nitrogens with two attached hydrogens (primary N) is 1. The summed E-state index contributed by atoms with van der Waals surface area (Å²) in [5, 5.41) is 2.86. The monoisotopic (exact) mass is 238 g/mol. The summed E-state index contributed by atoms with van der Waals surface area (Å²) < 4.78 is 12.7. The van der Waals surface area contributed by atoms with Crippen LogP contribution in [-0.2, 0) is 4.79 Å². The van der Waals surface area contributed by atoms with Gasteiger partial charge in [-0.1, -0.05) is 19.1 Å². The van der Waals surface area contributed by atoms with Crippen molar-refractivity contribution in [3.8, 4) is 0 Å². The van der Waals surface area contributed by atoms with Crippen molar-refractivity contribution in [1.29, 1.82) is 0 Å². The van der Waals surface area contributed by atoms with Crippen LogP contribution in [0.1, 0.15) is 31.9 Å². The first-order chi connectivity index (χ1) is 8.02. The Hall–Kier alpha value is -1.42. The zero-order valence-electron chi connectivity index (χ0n) is 10.2. The van der Waals surface area contributed by atoms with Crippen LogP contribution in [0.15, 0.2) is 24.3 Å². The Morgan fingerprint density at radius 2 is 1.94 bits per heavy atom. The average molecular weight is 238 g/mol. The number of hydrogen-bond donors (Lipinski definition) is 2. The topological polar surface area (TPSA) is 55.1 Å². The minimum Gasteiger partial charge on any atom is -0.350 e. The van der Waals surface area contributed by atoms with E-state index >= 15 is 0 Å². The van der Waals surface area contributed by atoms with Crippen LogP contribution in [0.25, 0.3) is 0 Å². The summed E-state index contributed by atoms with van der Waals surface area (Å²) in [5.74, 6) is -0.126. The highest BCUT2D eigenvalue weighted by Gasteiger charge is 2.11. The third-order valence-electron chi connectivity index (χ3n) is 2.68. The molecule has 3 nitrogen and oxygen atoms in total. The van der Waals surface area contributed by atoms with Gasteiger partial charge in [-0.2, -0.15) is 0 Å². The van der Waals surface area contributed by atoms with Crippen molar-refractivity contribution in [1.82, 2.24) is 5.32 Å². The molecule has 0 spiro atoms. The molecule has 1 aromatic rings. The number of benzene rings is 1. The summed E-state index contributed by atoms with van der Waals surface area (Å²) >= 11 is 0. The lowest BCUT2D eigenvalue weighted by molar-refractivity contribution is -0.122. The molecule has 4 heteroatoms. The van der Waals surface area contributed by atoms with E-state index in [0.717, 1.165) is 5.56 Å². The Morgan fingerprint density at radius 3 is 2.47 bits per heavy atom. The van der Waals surface area contributed by atoms with Crippen LogP contribution in [-0.4, -0.2) is 12.5 Å². The van der Waals surface area contributed by atoms with Gasteiger partial charge in [-0.25, -0.2) is 4.39 Å². The van der Waals surface area contributed by atoms with Gasteiger partial charge in [0.2, 0.25) is 5.91 Å². The first kappa shape index (κ1) is 13.6. The molecule has 1 aromatic carbocycles. The van der Waals surface area contributed by atoms with E-state index in [9.17, 15) is 9.18 Å². The molecule has 0 aliphatic carbocycles.